The Morgan fingerprint density at radius 1 is 1.50 bits per heavy atom. The van der Waals surface area contributed by atoms with E-state index in [-0.39, 0.29) is 0 Å². The molecule has 0 bridgehead atoms. The van der Waals surface area contributed by atoms with Gasteiger partial charge in [-0.2, -0.15) is 8.42 Å². The molecule has 0 unspecified atom stereocenters. The van der Waals surface area contributed by atoms with Gasteiger partial charge in [0, 0.05) is 19.8 Å². The largest absolute Gasteiger partial charge is 0.380 e. The van der Waals surface area contributed by atoms with Crippen molar-refractivity contribution >= 4 is 10.1 Å². The van der Waals surface area contributed by atoms with Gasteiger partial charge in [0.25, 0.3) is 10.1 Å². The highest BCUT2D eigenvalue weighted by Gasteiger charge is 2.06. The van der Waals surface area contributed by atoms with Crippen molar-refractivity contribution < 1.29 is 12.6 Å². The summed E-state index contributed by atoms with van der Waals surface area (Å²) >= 11 is 0. The van der Waals surface area contributed by atoms with E-state index in [9.17, 15) is 8.42 Å². The molecule has 0 aromatic rings. The summed E-state index contributed by atoms with van der Waals surface area (Å²) in [5.41, 5.74) is 0.719. The first-order valence-corrected chi connectivity index (χ1v) is 5.08. The second kappa shape index (κ2) is 4.47. The van der Waals surface area contributed by atoms with Gasteiger partial charge in [-0.05, 0) is 6.42 Å². The summed E-state index contributed by atoms with van der Waals surface area (Å²) in [6, 6.07) is 0. The van der Waals surface area contributed by atoms with Crippen LogP contribution in [0.2, 0.25) is 0 Å². The number of nitrogens with zero attached hydrogens (tertiary/aromatic N) is 1. The van der Waals surface area contributed by atoms with Gasteiger partial charge in [-0.15, -0.1) is 0 Å². The van der Waals surface area contributed by atoms with Gasteiger partial charge >= 0.3 is 0 Å². The van der Waals surface area contributed by atoms with Gasteiger partial charge in [0.2, 0.25) is 0 Å². The van der Waals surface area contributed by atoms with Crippen LogP contribution in [0.1, 0.15) is 13.3 Å². The lowest BCUT2D eigenvalue weighted by Crippen LogP contribution is -2.12. The van der Waals surface area contributed by atoms with E-state index in [0.29, 0.717) is 6.42 Å². The fourth-order valence-electron chi connectivity index (χ4n) is 0.720. The van der Waals surface area contributed by atoms with Crippen LogP contribution in [0.25, 0.3) is 0 Å². The third kappa shape index (κ3) is 3.73. The van der Waals surface area contributed by atoms with Crippen LogP contribution >= 0.6 is 0 Å². The Balaban J connectivity index is 4.73. The second-order valence-corrected chi connectivity index (χ2v) is 4.07. The molecule has 0 fully saturated rings. The Hall–Kier alpha value is -0.550. The molecule has 0 aromatic heterocycles. The summed E-state index contributed by atoms with van der Waals surface area (Å²) in [5.74, 6) is 0. The zero-order valence-corrected chi connectivity index (χ0v) is 8.68. The highest BCUT2D eigenvalue weighted by Crippen LogP contribution is 2.07. The Kier molecular flexibility index (Phi) is 4.26. The fraction of sp³-hybridized carbons (Fsp3) is 0.714. The van der Waals surface area contributed by atoms with Gasteiger partial charge in [-0.3, -0.25) is 4.18 Å². The lowest BCUT2D eigenvalue weighted by Gasteiger charge is -2.14. The van der Waals surface area contributed by atoms with Crippen LogP contribution in [0.15, 0.2) is 11.1 Å². The van der Waals surface area contributed by atoms with Crippen LogP contribution in [0.5, 0.6) is 0 Å². The minimum atomic E-state index is -3.48. The van der Waals surface area contributed by atoms with Crippen molar-refractivity contribution in [1.82, 2.24) is 4.90 Å². The first-order chi connectivity index (χ1) is 5.43. The quantitative estimate of drug-likeness (QED) is 0.619. The predicted molar refractivity (Wildman–Crippen MR) is 48.0 cm³/mol. The summed E-state index contributed by atoms with van der Waals surface area (Å²) in [7, 11) is 1.25. The van der Waals surface area contributed by atoms with E-state index in [1.165, 1.54) is 0 Å². The van der Waals surface area contributed by atoms with Crippen molar-refractivity contribution in [3.05, 3.63) is 11.1 Å². The van der Waals surface area contributed by atoms with E-state index in [4.69, 9.17) is 0 Å². The first kappa shape index (κ1) is 11.4. The van der Waals surface area contributed by atoms with Crippen molar-refractivity contribution in [2.24, 2.45) is 0 Å². The number of allylic oxidation sites excluding steroid dienone is 1. The molecule has 0 saturated carbocycles. The second-order valence-electron chi connectivity index (χ2n) is 2.52. The number of hydrogen-bond donors (Lipinski definition) is 0. The molecule has 0 aliphatic carbocycles. The SMILES string of the molecule is CCC(=CS(=O)(=O)OC)N(C)C. The third-order valence-electron chi connectivity index (χ3n) is 1.45. The van der Waals surface area contributed by atoms with Gasteiger partial charge in [0.05, 0.1) is 12.5 Å². The van der Waals surface area contributed by atoms with E-state index < -0.39 is 10.1 Å². The predicted octanol–water partition coefficient (Wildman–Crippen LogP) is 0.776. The van der Waals surface area contributed by atoms with Gasteiger partial charge < -0.3 is 4.90 Å². The molecule has 0 radical (unpaired) electrons. The van der Waals surface area contributed by atoms with Crippen molar-refractivity contribution in [3.63, 3.8) is 0 Å². The van der Waals surface area contributed by atoms with E-state index >= 15 is 0 Å². The molecule has 0 aliphatic rings. The molecule has 0 aliphatic heterocycles. The third-order valence-corrected chi connectivity index (χ3v) is 2.47. The summed E-state index contributed by atoms with van der Waals surface area (Å²) in [6.45, 7) is 1.89. The fourth-order valence-corrected chi connectivity index (χ4v) is 1.53. The molecule has 5 heteroatoms. The maximum absolute atomic E-state index is 10.9. The van der Waals surface area contributed by atoms with Gasteiger partial charge in [-0.1, -0.05) is 6.92 Å². The minimum Gasteiger partial charge on any atom is -0.380 e. The lowest BCUT2D eigenvalue weighted by molar-refractivity contribution is 0.404. The average molecular weight is 193 g/mol. The molecule has 72 valence electrons. The minimum absolute atomic E-state index is 0.662. The highest BCUT2D eigenvalue weighted by atomic mass is 32.2. The van der Waals surface area contributed by atoms with Crippen molar-refractivity contribution in [1.29, 1.82) is 0 Å². The summed E-state index contributed by atoms with van der Waals surface area (Å²) < 4.78 is 26.2. The Labute approximate surface area is 73.9 Å². The van der Waals surface area contributed by atoms with Crippen molar-refractivity contribution in [3.8, 4) is 0 Å². The van der Waals surface area contributed by atoms with Crippen LogP contribution in [0.3, 0.4) is 0 Å². The van der Waals surface area contributed by atoms with Crippen molar-refractivity contribution in [2.45, 2.75) is 13.3 Å². The maximum Gasteiger partial charge on any atom is 0.291 e. The van der Waals surface area contributed by atoms with Crippen LogP contribution in [-0.4, -0.2) is 34.5 Å². The Morgan fingerprint density at radius 3 is 2.25 bits per heavy atom. The van der Waals surface area contributed by atoms with E-state index in [0.717, 1.165) is 18.2 Å². The van der Waals surface area contributed by atoms with Crippen LogP contribution < -0.4 is 0 Å². The van der Waals surface area contributed by atoms with Gasteiger partial charge in [-0.25, -0.2) is 0 Å². The molecule has 4 nitrogen and oxygen atoms in total. The van der Waals surface area contributed by atoms with Crippen LogP contribution in [0, 0.1) is 0 Å². The normalized spacial score (nSPS) is 13.2. The van der Waals surface area contributed by atoms with E-state index in [2.05, 4.69) is 4.18 Å². The maximum atomic E-state index is 10.9. The molecule has 0 amide bonds. The van der Waals surface area contributed by atoms with Gasteiger partial charge in [0.1, 0.15) is 0 Å². The molecule has 0 heterocycles. The summed E-state index contributed by atoms with van der Waals surface area (Å²) in [6.07, 6.45) is 0.662. The highest BCUT2D eigenvalue weighted by molar-refractivity contribution is 7.89. The van der Waals surface area contributed by atoms with Crippen molar-refractivity contribution in [2.75, 3.05) is 21.2 Å². The zero-order chi connectivity index (χ0) is 9.78. The van der Waals surface area contributed by atoms with E-state index in [1.807, 2.05) is 6.92 Å². The van der Waals surface area contributed by atoms with Crippen LogP contribution in [-0.2, 0) is 14.3 Å². The van der Waals surface area contributed by atoms with Gasteiger partial charge in [0.15, 0.2) is 0 Å². The number of hydrogen-bond acceptors (Lipinski definition) is 4. The lowest BCUT2D eigenvalue weighted by atomic mass is 10.4. The standard InChI is InChI=1S/C7H15NO3S/c1-5-7(8(2)3)6-12(9,10)11-4/h6H,5H2,1-4H3. The van der Waals surface area contributed by atoms with E-state index in [1.54, 1.807) is 19.0 Å². The summed E-state index contributed by atoms with van der Waals surface area (Å²) in [4.78, 5) is 1.75. The first-order valence-electron chi connectivity index (χ1n) is 3.61. The van der Waals surface area contributed by atoms with Crippen LogP contribution in [0.4, 0.5) is 0 Å². The Morgan fingerprint density at radius 2 is 2.00 bits per heavy atom. The zero-order valence-electron chi connectivity index (χ0n) is 7.86. The molecule has 12 heavy (non-hydrogen) atoms. The molecule has 0 atom stereocenters. The molecule has 0 saturated heterocycles. The molecular weight excluding hydrogens is 178 g/mol. The Bertz CT molecular complexity index is 254. The smallest absolute Gasteiger partial charge is 0.291 e. The molecular formula is C7H15NO3S. The molecule has 0 spiro atoms. The molecule has 0 N–H and O–H groups in total. The topological polar surface area (TPSA) is 46.6 Å². The monoisotopic (exact) mass is 193 g/mol. The molecule has 0 aromatic carbocycles. The summed E-state index contributed by atoms with van der Waals surface area (Å²) in [5, 5.41) is 1.13. The molecule has 0 rings (SSSR count). The average Bonchev–Trinajstić information content (AvgIpc) is 2.00. The number of rotatable bonds is 4.